The number of nitrogens with zero attached hydrogens (tertiary/aromatic N) is 4. The Kier molecular flexibility index (Phi) is 6.32. The Hall–Kier alpha value is -3.46. The predicted octanol–water partition coefficient (Wildman–Crippen LogP) is 4.19. The second-order valence-corrected chi connectivity index (χ2v) is 10.4. The molecule has 194 valence electrons. The average molecular weight is 505 g/mol. The zero-order chi connectivity index (χ0) is 25.5. The van der Waals surface area contributed by atoms with E-state index in [4.69, 9.17) is 4.74 Å². The van der Waals surface area contributed by atoms with Crippen molar-refractivity contribution in [3.63, 3.8) is 0 Å². The third-order valence-corrected chi connectivity index (χ3v) is 8.30. The molecule has 5 heterocycles. The summed E-state index contributed by atoms with van der Waals surface area (Å²) in [7, 11) is 1.58. The number of hydrogen-bond acceptors (Lipinski definition) is 5. The van der Waals surface area contributed by atoms with Gasteiger partial charge in [0.15, 0.2) is 0 Å². The fourth-order valence-corrected chi connectivity index (χ4v) is 6.40. The summed E-state index contributed by atoms with van der Waals surface area (Å²) >= 11 is 0. The first-order chi connectivity index (χ1) is 18.0. The van der Waals surface area contributed by atoms with Crippen molar-refractivity contribution in [3.8, 4) is 17.0 Å². The van der Waals surface area contributed by atoms with E-state index in [1.165, 1.54) is 6.07 Å². The van der Waals surface area contributed by atoms with Gasteiger partial charge in [0, 0.05) is 71.9 Å². The first-order valence-electron chi connectivity index (χ1n) is 13.1. The SMILES string of the molecule is COc1cccc(F)c1CN1C2CCC(NC(=O)N3CCc4[nH]nc(-c5ccnc(C)c5)c4C3)C1CC2. The molecule has 0 saturated carbocycles. The van der Waals surface area contributed by atoms with Gasteiger partial charge in [0.2, 0.25) is 0 Å². The second-order valence-electron chi connectivity index (χ2n) is 10.4. The number of H-pyrrole nitrogens is 1. The Morgan fingerprint density at radius 2 is 2.11 bits per heavy atom. The van der Waals surface area contributed by atoms with Crippen LogP contribution in [0.3, 0.4) is 0 Å². The minimum Gasteiger partial charge on any atom is -0.496 e. The Labute approximate surface area is 216 Å². The van der Waals surface area contributed by atoms with Crippen molar-refractivity contribution >= 4 is 6.03 Å². The number of halogens is 1. The number of nitrogens with one attached hydrogen (secondary N) is 2. The van der Waals surface area contributed by atoms with E-state index in [0.29, 0.717) is 37.0 Å². The minimum atomic E-state index is -0.241. The highest BCUT2D eigenvalue weighted by molar-refractivity contribution is 5.76. The first-order valence-corrected chi connectivity index (χ1v) is 13.1. The van der Waals surface area contributed by atoms with Crippen molar-refractivity contribution in [2.75, 3.05) is 13.7 Å². The molecule has 2 aromatic heterocycles. The van der Waals surface area contributed by atoms with Crippen molar-refractivity contribution in [3.05, 3.63) is 64.9 Å². The number of aromatic nitrogens is 3. The van der Waals surface area contributed by atoms with E-state index in [-0.39, 0.29) is 23.9 Å². The maximum Gasteiger partial charge on any atom is 0.317 e. The van der Waals surface area contributed by atoms with Gasteiger partial charge in [-0.1, -0.05) is 6.07 Å². The van der Waals surface area contributed by atoms with Gasteiger partial charge in [-0.15, -0.1) is 0 Å². The number of rotatable bonds is 5. The highest BCUT2D eigenvalue weighted by atomic mass is 19.1. The van der Waals surface area contributed by atoms with Crippen molar-refractivity contribution < 1.29 is 13.9 Å². The van der Waals surface area contributed by atoms with E-state index < -0.39 is 0 Å². The number of carbonyl (C=O) groups is 1. The van der Waals surface area contributed by atoms with Crippen LogP contribution in [0.5, 0.6) is 5.75 Å². The lowest BCUT2D eigenvalue weighted by Crippen LogP contribution is -2.56. The minimum absolute atomic E-state index is 0.0390. The summed E-state index contributed by atoms with van der Waals surface area (Å²) in [5.41, 5.74) is 5.59. The molecule has 1 aromatic carbocycles. The monoisotopic (exact) mass is 504 g/mol. The Bertz CT molecular complexity index is 1310. The lowest BCUT2D eigenvalue weighted by Gasteiger charge is -2.41. The molecule has 3 aliphatic heterocycles. The number of piperidine rings is 1. The molecular formula is C28H33FN6O2. The van der Waals surface area contributed by atoms with Gasteiger partial charge in [-0.05, 0) is 56.9 Å². The molecule has 3 aliphatic rings. The van der Waals surface area contributed by atoms with Crippen molar-refractivity contribution in [2.24, 2.45) is 0 Å². The Morgan fingerprint density at radius 1 is 1.24 bits per heavy atom. The number of hydrogen-bond donors (Lipinski definition) is 2. The predicted molar refractivity (Wildman–Crippen MR) is 138 cm³/mol. The van der Waals surface area contributed by atoms with Crippen molar-refractivity contribution in [2.45, 2.75) is 70.2 Å². The molecule has 37 heavy (non-hydrogen) atoms. The molecular weight excluding hydrogens is 471 g/mol. The smallest absolute Gasteiger partial charge is 0.317 e. The van der Waals surface area contributed by atoms with E-state index in [1.807, 2.05) is 30.0 Å². The zero-order valence-electron chi connectivity index (χ0n) is 21.3. The summed E-state index contributed by atoms with van der Waals surface area (Å²) in [6.45, 7) is 3.62. The van der Waals surface area contributed by atoms with Crippen LogP contribution >= 0.6 is 0 Å². The fraction of sp³-hybridized carbons (Fsp3) is 0.464. The van der Waals surface area contributed by atoms with Crippen molar-refractivity contribution in [1.82, 2.24) is 30.3 Å². The number of pyridine rings is 1. The Balaban J connectivity index is 1.16. The molecule has 2 N–H and O–H groups in total. The number of methoxy groups -OCH3 is 1. The molecule has 3 atom stereocenters. The van der Waals surface area contributed by atoms with Crippen LogP contribution in [0, 0.1) is 12.7 Å². The summed E-state index contributed by atoms with van der Waals surface area (Å²) in [5.74, 6) is 0.337. The highest BCUT2D eigenvalue weighted by Crippen LogP contribution is 2.38. The van der Waals surface area contributed by atoms with Crippen LogP contribution in [-0.4, -0.2) is 62.8 Å². The van der Waals surface area contributed by atoms with Crippen LogP contribution in [0.4, 0.5) is 9.18 Å². The van der Waals surface area contributed by atoms with Gasteiger partial charge in [-0.25, -0.2) is 9.18 Å². The molecule has 3 unspecified atom stereocenters. The van der Waals surface area contributed by atoms with Crippen LogP contribution in [0.1, 0.15) is 48.2 Å². The molecule has 2 bridgehead atoms. The number of aromatic amines is 1. The summed E-state index contributed by atoms with van der Waals surface area (Å²) in [4.78, 5) is 22.0. The third-order valence-electron chi connectivity index (χ3n) is 8.30. The van der Waals surface area contributed by atoms with Gasteiger partial charge in [-0.2, -0.15) is 5.10 Å². The van der Waals surface area contributed by atoms with E-state index in [2.05, 4.69) is 25.4 Å². The second kappa shape index (κ2) is 9.78. The molecule has 3 aromatic rings. The molecule has 9 heteroatoms. The van der Waals surface area contributed by atoms with Gasteiger partial charge >= 0.3 is 6.03 Å². The summed E-state index contributed by atoms with van der Waals surface area (Å²) in [5, 5.41) is 11.1. The number of benzene rings is 1. The van der Waals surface area contributed by atoms with Gasteiger partial charge in [0.1, 0.15) is 11.6 Å². The standard InChI is InChI=1S/C28H33FN6O2/c1-17-14-18(10-12-30-17)27-21-15-34(13-11-23(21)32-33-27)28(36)31-24-8-6-19-7-9-25(24)35(19)16-20-22(29)4-3-5-26(20)37-2/h3-5,10,12,14,19,24-25H,6-9,11,13,15-16H2,1-2H3,(H,31,36)(H,32,33). The van der Waals surface area contributed by atoms with E-state index >= 15 is 0 Å². The molecule has 8 nitrogen and oxygen atoms in total. The molecule has 6 rings (SSSR count). The maximum atomic E-state index is 14.7. The maximum absolute atomic E-state index is 14.7. The number of urea groups is 1. The molecule has 0 spiro atoms. The molecule has 2 saturated heterocycles. The van der Waals surface area contributed by atoms with E-state index in [9.17, 15) is 9.18 Å². The highest BCUT2D eigenvalue weighted by Gasteiger charge is 2.43. The van der Waals surface area contributed by atoms with Crippen LogP contribution in [0.15, 0.2) is 36.5 Å². The summed E-state index contributed by atoms with van der Waals surface area (Å²) in [6, 6.07) is 9.56. The van der Waals surface area contributed by atoms with Crippen LogP contribution in [0.25, 0.3) is 11.3 Å². The number of fused-ring (bicyclic) bond motifs is 3. The van der Waals surface area contributed by atoms with Crippen LogP contribution in [0.2, 0.25) is 0 Å². The third kappa shape index (κ3) is 4.45. The zero-order valence-corrected chi connectivity index (χ0v) is 21.3. The lowest BCUT2D eigenvalue weighted by molar-refractivity contribution is 0.0965. The topological polar surface area (TPSA) is 86.4 Å². The van der Waals surface area contributed by atoms with E-state index in [1.54, 1.807) is 19.4 Å². The van der Waals surface area contributed by atoms with Gasteiger partial charge in [0.25, 0.3) is 0 Å². The molecule has 0 radical (unpaired) electrons. The fourth-order valence-electron chi connectivity index (χ4n) is 6.40. The summed E-state index contributed by atoms with van der Waals surface area (Å²) < 4.78 is 20.1. The van der Waals surface area contributed by atoms with Gasteiger partial charge < -0.3 is 15.0 Å². The number of aryl methyl sites for hydroxylation is 1. The Morgan fingerprint density at radius 3 is 2.95 bits per heavy atom. The summed E-state index contributed by atoms with van der Waals surface area (Å²) in [6.07, 6.45) is 6.55. The van der Waals surface area contributed by atoms with Crippen LogP contribution in [-0.2, 0) is 19.5 Å². The van der Waals surface area contributed by atoms with Gasteiger partial charge in [-0.3, -0.25) is 15.0 Å². The lowest BCUT2D eigenvalue weighted by atomic mass is 9.96. The molecule has 2 amide bonds. The number of carbonyl (C=O) groups excluding carboxylic acids is 1. The molecule has 0 aliphatic carbocycles. The van der Waals surface area contributed by atoms with Gasteiger partial charge in [0.05, 0.1) is 19.3 Å². The quantitative estimate of drug-likeness (QED) is 0.544. The average Bonchev–Trinajstić information content (AvgIpc) is 3.45. The normalized spacial score (nSPS) is 23.1. The van der Waals surface area contributed by atoms with Crippen molar-refractivity contribution in [1.29, 1.82) is 0 Å². The molecule has 2 fully saturated rings. The van der Waals surface area contributed by atoms with Crippen LogP contribution < -0.4 is 10.1 Å². The van der Waals surface area contributed by atoms with E-state index in [0.717, 1.165) is 60.3 Å². The first kappa shape index (κ1) is 23.9. The number of amides is 2. The largest absolute Gasteiger partial charge is 0.496 e. The number of ether oxygens (including phenoxy) is 1.